The van der Waals surface area contributed by atoms with E-state index in [0.29, 0.717) is 31.6 Å². The molecule has 2 unspecified atom stereocenters. The number of amides is 1. The number of ether oxygens (including phenoxy) is 1. The third-order valence-electron chi connectivity index (χ3n) is 7.27. The van der Waals surface area contributed by atoms with Crippen LogP contribution in [0.15, 0.2) is 48.5 Å². The maximum atomic E-state index is 13.3. The molecular weight excluding hydrogens is 498 g/mol. The summed E-state index contributed by atoms with van der Waals surface area (Å²) in [6, 6.07) is 10.9. The topological polar surface area (TPSA) is 32.8 Å². The van der Waals surface area contributed by atoms with E-state index in [1.807, 2.05) is 42.3 Å². The molecule has 0 spiro atoms. The van der Waals surface area contributed by atoms with E-state index < -0.39 is 36.2 Å². The fourth-order valence-corrected chi connectivity index (χ4v) is 5.17. The summed E-state index contributed by atoms with van der Waals surface area (Å²) in [6.45, 7) is 2.12. The van der Waals surface area contributed by atoms with Crippen LogP contribution in [0.4, 0.5) is 26.3 Å². The smallest absolute Gasteiger partial charge is 0.373 e. The Morgan fingerprint density at radius 3 is 2.05 bits per heavy atom. The van der Waals surface area contributed by atoms with Crippen LogP contribution in [-0.4, -0.2) is 55.0 Å². The zero-order chi connectivity index (χ0) is 26.8. The predicted octanol–water partition coefficient (Wildman–Crippen LogP) is 5.97. The van der Waals surface area contributed by atoms with Crippen LogP contribution in [0.2, 0.25) is 0 Å². The second kappa shape index (κ2) is 11.0. The van der Waals surface area contributed by atoms with Crippen molar-refractivity contribution in [1.82, 2.24) is 9.80 Å². The summed E-state index contributed by atoms with van der Waals surface area (Å²) < 4.78 is 85.5. The number of benzene rings is 2. The molecule has 1 amide bonds. The lowest BCUT2D eigenvalue weighted by Crippen LogP contribution is -2.49. The van der Waals surface area contributed by atoms with E-state index >= 15 is 0 Å². The van der Waals surface area contributed by atoms with Gasteiger partial charge >= 0.3 is 12.4 Å². The van der Waals surface area contributed by atoms with Gasteiger partial charge in [0.25, 0.3) is 0 Å². The Labute approximate surface area is 212 Å². The Morgan fingerprint density at radius 2 is 1.49 bits per heavy atom. The van der Waals surface area contributed by atoms with Gasteiger partial charge < -0.3 is 14.5 Å². The van der Waals surface area contributed by atoms with Crippen LogP contribution < -0.4 is 0 Å². The van der Waals surface area contributed by atoms with Gasteiger partial charge in [-0.2, -0.15) is 26.3 Å². The standard InChI is InChI=1S/C27H30F6N2O2/c1-34-10-7-20(8-11-34)25(36)35-12-9-24(23(16-35)19-5-3-2-4-6-19)37-17-18-13-21(26(28,29)30)15-22(14-18)27(31,32)33/h2-6,13-15,20,23-24H,7-12,16-17H2,1H3. The molecule has 2 aromatic carbocycles. The third kappa shape index (κ3) is 6.84. The highest BCUT2D eigenvalue weighted by Gasteiger charge is 2.38. The molecule has 2 aliphatic heterocycles. The minimum Gasteiger partial charge on any atom is -0.373 e. The van der Waals surface area contributed by atoms with Crippen molar-refractivity contribution < 1.29 is 35.9 Å². The van der Waals surface area contributed by atoms with Gasteiger partial charge in [-0.05, 0) is 68.7 Å². The van der Waals surface area contributed by atoms with Crippen LogP contribution in [0.1, 0.15) is 47.4 Å². The maximum Gasteiger partial charge on any atom is 0.416 e. The lowest BCUT2D eigenvalue weighted by atomic mass is 9.86. The molecule has 2 saturated heterocycles. The minimum atomic E-state index is -4.91. The van der Waals surface area contributed by atoms with Gasteiger partial charge in [-0.25, -0.2) is 0 Å². The average Bonchev–Trinajstić information content (AvgIpc) is 2.87. The number of carbonyl (C=O) groups excluding carboxylic acids is 1. The second-order valence-corrected chi connectivity index (χ2v) is 9.93. The SMILES string of the molecule is CN1CCC(C(=O)N2CCC(OCc3cc(C(F)(F)F)cc(C(F)(F)F)c3)C(c3ccccc3)C2)CC1. The highest BCUT2D eigenvalue weighted by molar-refractivity contribution is 5.79. The van der Waals surface area contributed by atoms with Crippen LogP contribution in [0.25, 0.3) is 0 Å². The summed E-state index contributed by atoms with van der Waals surface area (Å²) in [5.41, 5.74) is -2.01. The van der Waals surface area contributed by atoms with Gasteiger partial charge in [-0.1, -0.05) is 30.3 Å². The van der Waals surface area contributed by atoms with Crippen molar-refractivity contribution >= 4 is 5.91 Å². The summed E-state index contributed by atoms with van der Waals surface area (Å²) in [5.74, 6) is -0.200. The van der Waals surface area contributed by atoms with Gasteiger partial charge in [0.05, 0.1) is 23.8 Å². The van der Waals surface area contributed by atoms with E-state index in [9.17, 15) is 31.1 Å². The van der Waals surface area contributed by atoms with Crippen molar-refractivity contribution in [2.75, 3.05) is 33.2 Å². The Morgan fingerprint density at radius 1 is 0.892 bits per heavy atom. The number of piperidine rings is 2. The molecular formula is C27H30F6N2O2. The molecule has 37 heavy (non-hydrogen) atoms. The first kappa shape index (κ1) is 27.4. The number of rotatable bonds is 5. The second-order valence-electron chi connectivity index (χ2n) is 9.93. The molecule has 4 nitrogen and oxygen atoms in total. The zero-order valence-electron chi connectivity index (χ0n) is 20.5. The number of alkyl halides is 6. The monoisotopic (exact) mass is 528 g/mol. The number of hydrogen-bond acceptors (Lipinski definition) is 3. The first-order chi connectivity index (χ1) is 17.4. The number of likely N-dealkylation sites (tertiary alicyclic amines) is 2. The zero-order valence-corrected chi connectivity index (χ0v) is 20.5. The number of halogens is 6. The Bertz CT molecular complexity index is 1030. The number of carbonyl (C=O) groups is 1. The molecule has 2 atom stereocenters. The van der Waals surface area contributed by atoms with Crippen LogP contribution >= 0.6 is 0 Å². The molecule has 0 N–H and O–H groups in total. The van der Waals surface area contributed by atoms with Crippen LogP contribution in [0, 0.1) is 5.92 Å². The van der Waals surface area contributed by atoms with Crippen molar-refractivity contribution in [3.8, 4) is 0 Å². The molecule has 2 aromatic rings. The summed E-state index contributed by atoms with van der Waals surface area (Å²) in [7, 11) is 2.02. The molecule has 2 fully saturated rings. The van der Waals surface area contributed by atoms with E-state index in [2.05, 4.69) is 4.90 Å². The Balaban J connectivity index is 1.51. The summed E-state index contributed by atoms with van der Waals surface area (Å²) in [6.07, 6.45) is -8.28. The molecule has 10 heteroatoms. The van der Waals surface area contributed by atoms with Crippen molar-refractivity contribution in [1.29, 1.82) is 0 Å². The van der Waals surface area contributed by atoms with Gasteiger partial charge in [0.2, 0.25) is 5.91 Å². The van der Waals surface area contributed by atoms with E-state index in [4.69, 9.17) is 4.74 Å². The van der Waals surface area contributed by atoms with Gasteiger partial charge in [0, 0.05) is 24.9 Å². The average molecular weight is 529 g/mol. The van der Waals surface area contributed by atoms with Crippen molar-refractivity contribution in [2.24, 2.45) is 5.92 Å². The fraction of sp³-hybridized carbons (Fsp3) is 0.519. The number of nitrogens with zero attached hydrogens (tertiary/aromatic N) is 2. The van der Waals surface area contributed by atoms with E-state index in [0.717, 1.165) is 31.5 Å². The maximum absolute atomic E-state index is 13.3. The van der Waals surface area contributed by atoms with E-state index in [1.165, 1.54) is 0 Å². The quantitative estimate of drug-likeness (QED) is 0.449. The lowest BCUT2D eigenvalue weighted by molar-refractivity contribution is -0.143. The van der Waals surface area contributed by atoms with Gasteiger partial charge in [-0.15, -0.1) is 0 Å². The van der Waals surface area contributed by atoms with Crippen LogP contribution in [-0.2, 0) is 28.5 Å². The first-order valence-electron chi connectivity index (χ1n) is 12.3. The molecule has 0 aromatic heterocycles. The molecule has 2 heterocycles. The van der Waals surface area contributed by atoms with E-state index in [1.54, 1.807) is 0 Å². The third-order valence-corrected chi connectivity index (χ3v) is 7.27. The molecule has 0 radical (unpaired) electrons. The van der Waals surface area contributed by atoms with Crippen molar-refractivity contribution in [3.05, 3.63) is 70.8 Å². The van der Waals surface area contributed by atoms with Crippen molar-refractivity contribution in [2.45, 2.75) is 50.2 Å². The molecule has 202 valence electrons. The number of hydrogen-bond donors (Lipinski definition) is 0. The van der Waals surface area contributed by atoms with Crippen LogP contribution in [0.5, 0.6) is 0 Å². The van der Waals surface area contributed by atoms with Gasteiger partial charge in [0.15, 0.2) is 0 Å². The van der Waals surface area contributed by atoms with Crippen molar-refractivity contribution in [3.63, 3.8) is 0 Å². The molecule has 0 bridgehead atoms. The predicted molar refractivity (Wildman–Crippen MR) is 126 cm³/mol. The summed E-state index contributed by atoms with van der Waals surface area (Å²) >= 11 is 0. The normalized spacial score (nSPS) is 22.3. The molecule has 2 aliphatic rings. The van der Waals surface area contributed by atoms with Gasteiger partial charge in [-0.3, -0.25) is 4.79 Å². The lowest BCUT2D eigenvalue weighted by Gasteiger charge is -2.41. The highest BCUT2D eigenvalue weighted by atomic mass is 19.4. The Hall–Kier alpha value is -2.59. The largest absolute Gasteiger partial charge is 0.416 e. The first-order valence-corrected chi connectivity index (χ1v) is 12.3. The van der Waals surface area contributed by atoms with Gasteiger partial charge in [0.1, 0.15) is 0 Å². The summed E-state index contributed by atoms with van der Waals surface area (Å²) in [4.78, 5) is 17.3. The minimum absolute atomic E-state index is 0.0454. The van der Waals surface area contributed by atoms with Crippen LogP contribution in [0.3, 0.4) is 0 Å². The highest BCUT2D eigenvalue weighted by Crippen LogP contribution is 2.37. The molecule has 0 saturated carbocycles. The van der Waals surface area contributed by atoms with E-state index in [-0.39, 0.29) is 29.4 Å². The molecule has 0 aliphatic carbocycles. The summed E-state index contributed by atoms with van der Waals surface area (Å²) in [5, 5.41) is 0. The Kier molecular flexibility index (Phi) is 8.18. The molecule has 4 rings (SSSR count). The fourth-order valence-electron chi connectivity index (χ4n) is 5.17.